The number of likely N-dealkylation sites (N-methyl/N-ethyl adjacent to an activating group) is 1. The van der Waals surface area contributed by atoms with Gasteiger partial charge in [0.25, 0.3) is 0 Å². The van der Waals surface area contributed by atoms with Crippen molar-refractivity contribution in [3.63, 3.8) is 0 Å². The third-order valence-corrected chi connectivity index (χ3v) is 5.84. The molecule has 1 aromatic carbocycles. The fourth-order valence-electron chi connectivity index (χ4n) is 1.92. The van der Waals surface area contributed by atoms with Crippen molar-refractivity contribution in [3.05, 3.63) is 35.9 Å². The summed E-state index contributed by atoms with van der Waals surface area (Å²) in [5.41, 5.74) is 1.79. The van der Waals surface area contributed by atoms with E-state index in [9.17, 15) is 0 Å². The Kier molecular flexibility index (Phi) is 4.27. The van der Waals surface area contributed by atoms with Crippen LogP contribution in [0.25, 0.3) is 0 Å². The number of hydrogen-bond donors (Lipinski definition) is 0. The van der Waals surface area contributed by atoms with Gasteiger partial charge in [0.05, 0.1) is 13.1 Å². The van der Waals surface area contributed by atoms with E-state index in [4.69, 9.17) is 12.2 Å². The summed E-state index contributed by atoms with van der Waals surface area (Å²) in [4.78, 5) is 3.14. The molecule has 1 rings (SSSR count). The molecule has 0 saturated carbocycles. The second-order valence-corrected chi connectivity index (χ2v) is 11.2. The van der Waals surface area contributed by atoms with Gasteiger partial charge in [-0.25, -0.2) is 0 Å². The van der Waals surface area contributed by atoms with Crippen LogP contribution in [0.2, 0.25) is 19.6 Å². The number of thiocarbonyl (C=S) groups is 1. The first-order chi connectivity index (χ1) is 7.34. The maximum Gasteiger partial charge on any atom is 0.0822 e. The van der Waals surface area contributed by atoms with E-state index >= 15 is 0 Å². The summed E-state index contributed by atoms with van der Waals surface area (Å²) in [5.74, 6) is 0. The lowest BCUT2D eigenvalue weighted by atomic mass is 10.1. The smallest absolute Gasteiger partial charge is 0.0822 e. The van der Waals surface area contributed by atoms with E-state index in [1.807, 2.05) is 14.1 Å². The Labute approximate surface area is 105 Å². The second-order valence-electron chi connectivity index (χ2n) is 5.44. The van der Waals surface area contributed by atoms with Gasteiger partial charge in [0.1, 0.15) is 0 Å². The van der Waals surface area contributed by atoms with Crippen molar-refractivity contribution >= 4 is 25.3 Å². The molecule has 0 aliphatic heterocycles. The molecular weight excluding hydrogens is 230 g/mol. The normalized spacial score (nSPS) is 13.3. The van der Waals surface area contributed by atoms with Gasteiger partial charge in [-0.2, -0.15) is 0 Å². The molecule has 0 bridgehead atoms. The van der Waals surface area contributed by atoms with Crippen molar-refractivity contribution in [2.24, 2.45) is 0 Å². The van der Waals surface area contributed by atoms with Crippen LogP contribution in [0.4, 0.5) is 0 Å². The van der Waals surface area contributed by atoms with Crippen molar-refractivity contribution in [2.45, 2.75) is 25.2 Å². The highest BCUT2D eigenvalue weighted by Gasteiger charge is 2.32. The molecule has 0 saturated heterocycles. The molecule has 1 unspecified atom stereocenters. The SMILES string of the molecule is CN(C)C(=S)C(c1ccccc1)[Si](C)(C)C. The van der Waals surface area contributed by atoms with Gasteiger partial charge in [-0.05, 0) is 5.56 Å². The van der Waals surface area contributed by atoms with Gasteiger partial charge < -0.3 is 4.90 Å². The highest BCUT2D eigenvalue weighted by Crippen LogP contribution is 2.29. The predicted molar refractivity (Wildman–Crippen MR) is 78.8 cm³/mol. The maximum atomic E-state index is 5.59. The Hall–Kier alpha value is -0.673. The van der Waals surface area contributed by atoms with E-state index in [-0.39, 0.29) is 0 Å². The largest absolute Gasteiger partial charge is 0.372 e. The highest BCUT2D eigenvalue weighted by atomic mass is 32.1. The van der Waals surface area contributed by atoms with Gasteiger partial charge in [-0.1, -0.05) is 62.2 Å². The zero-order chi connectivity index (χ0) is 12.3. The summed E-state index contributed by atoms with van der Waals surface area (Å²) in [7, 11) is 2.74. The molecule has 0 amide bonds. The number of nitrogens with zero attached hydrogens (tertiary/aromatic N) is 1. The van der Waals surface area contributed by atoms with E-state index < -0.39 is 8.07 Å². The summed E-state index contributed by atoms with van der Waals surface area (Å²) < 4.78 is 0. The molecule has 0 fully saturated rings. The first kappa shape index (κ1) is 13.4. The zero-order valence-corrected chi connectivity index (χ0v) is 12.6. The second kappa shape index (κ2) is 5.10. The summed E-state index contributed by atoms with van der Waals surface area (Å²) in [6, 6.07) is 10.6. The van der Waals surface area contributed by atoms with Gasteiger partial charge in [-0.3, -0.25) is 0 Å². The van der Waals surface area contributed by atoms with Crippen LogP contribution >= 0.6 is 12.2 Å². The minimum atomic E-state index is -1.34. The summed E-state index contributed by atoms with van der Waals surface area (Å²) >= 11 is 5.59. The van der Waals surface area contributed by atoms with E-state index in [1.54, 1.807) is 0 Å². The van der Waals surface area contributed by atoms with Crippen molar-refractivity contribution in [2.75, 3.05) is 14.1 Å². The van der Waals surface area contributed by atoms with Crippen LogP contribution in [-0.4, -0.2) is 32.1 Å². The quantitative estimate of drug-likeness (QED) is 0.597. The Morgan fingerprint density at radius 1 is 1.12 bits per heavy atom. The van der Waals surface area contributed by atoms with Crippen LogP contribution in [0, 0.1) is 0 Å². The van der Waals surface area contributed by atoms with Gasteiger partial charge in [0.2, 0.25) is 0 Å². The van der Waals surface area contributed by atoms with Crippen molar-refractivity contribution in [3.8, 4) is 0 Å². The number of benzene rings is 1. The van der Waals surface area contributed by atoms with Crippen LogP contribution in [0.5, 0.6) is 0 Å². The van der Waals surface area contributed by atoms with Crippen LogP contribution in [0.15, 0.2) is 30.3 Å². The van der Waals surface area contributed by atoms with Crippen LogP contribution in [-0.2, 0) is 0 Å². The van der Waals surface area contributed by atoms with Crippen LogP contribution in [0.1, 0.15) is 11.1 Å². The number of hydrogen-bond acceptors (Lipinski definition) is 1. The lowest BCUT2D eigenvalue weighted by Gasteiger charge is -2.33. The summed E-state index contributed by atoms with van der Waals surface area (Å²) in [6.07, 6.45) is 0. The molecule has 0 aliphatic carbocycles. The standard InChI is InChI=1S/C13H21NSSi/c1-14(2)13(15)12(16(3,4)5)11-9-7-6-8-10-11/h6-10,12H,1-5H3. The molecule has 16 heavy (non-hydrogen) atoms. The van der Waals surface area contributed by atoms with E-state index in [0.29, 0.717) is 5.54 Å². The third kappa shape index (κ3) is 3.16. The third-order valence-electron chi connectivity index (χ3n) is 2.69. The maximum absolute atomic E-state index is 5.59. The molecule has 0 aliphatic rings. The van der Waals surface area contributed by atoms with E-state index in [0.717, 1.165) is 4.99 Å². The molecular formula is C13H21NSSi. The van der Waals surface area contributed by atoms with Gasteiger partial charge in [-0.15, -0.1) is 0 Å². The fraction of sp³-hybridized carbons (Fsp3) is 0.462. The van der Waals surface area contributed by atoms with Gasteiger partial charge >= 0.3 is 0 Å². The first-order valence-corrected chi connectivity index (χ1v) is 9.58. The van der Waals surface area contributed by atoms with Gasteiger partial charge in [0.15, 0.2) is 0 Å². The molecule has 88 valence electrons. The Morgan fingerprint density at radius 2 is 1.62 bits per heavy atom. The minimum Gasteiger partial charge on any atom is -0.372 e. The lowest BCUT2D eigenvalue weighted by Crippen LogP contribution is -2.41. The Bertz CT molecular complexity index is 354. The fourth-order valence-corrected chi connectivity index (χ4v) is 5.30. The van der Waals surface area contributed by atoms with Crippen LogP contribution < -0.4 is 0 Å². The van der Waals surface area contributed by atoms with Gasteiger partial charge in [0, 0.05) is 19.6 Å². The molecule has 0 heterocycles. The molecule has 1 aromatic rings. The Morgan fingerprint density at radius 3 is 2.00 bits per heavy atom. The van der Waals surface area contributed by atoms with Crippen molar-refractivity contribution in [1.82, 2.24) is 4.90 Å². The molecule has 0 spiro atoms. The average molecular weight is 251 g/mol. The average Bonchev–Trinajstić information content (AvgIpc) is 2.17. The Balaban J connectivity index is 3.13. The van der Waals surface area contributed by atoms with Crippen molar-refractivity contribution < 1.29 is 0 Å². The predicted octanol–water partition coefficient (Wildman–Crippen LogP) is 3.54. The zero-order valence-electron chi connectivity index (χ0n) is 10.8. The molecule has 1 atom stereocenters. The highest BCUT2D eigenvalue weighted by molar-refractivity contribution is 7.80. The van der Waals surface area contributed by atoms with E-state index in [1.165, 1.54) is 5.56 Å². The molecule has 1 nitrogen and oxygen atoms in total. The van der Waals surface area contributed by atoms with E-state index in [2.05, 4.69) is 54.9 Å². The first-order valence-electron chi connectivity index (χ1n) is 5.60. The van der Waals surface area contributed by atoms with Crippen molar-refractivity contribution in [1.29, 1.82) is 0 Å². The summed E-state index contributed by atoms with van der Waals surface area (Å²) in [5, 5.41) is 0. The molecule has 0 radical (unpaired) electrons. The summed E-state index contributed by atoms with van der Waals surface area (Å²) in [6.45, 7) is 7.13. The lowest BCUT2D eigenvalue weighted by molar-refractivity contribution is 0.619. The number of rotatable bonds is 3. The monoisotopic (exact) mass is 251 g/mol. The molecule has 0 aromatic heterocycles. The van der Waals surface area contributed by atoms with Crippen LogP contribution in [0.3, 0.4) is 0 Å². The minimum absolute atomic E-state index is 0.429. The molecule has 3 heteroatoms. The molecule has 0 N–H and O–H groups in total. The topological polar surface area (TPSA) is 3.24 Å².